The van der Waals surface area contributed by atoms with E-state index in [-0.39, 0.29) is 0 Å². The van der Waals surface area contributed by atoms with Crippen molar-refractivity contribution in [3.63, 3.8) is 0 Å². The van der Waals surface area contributed by atoms with Gasteiger partial charge in [0.05, 0.1) is 12.1 Å². The van der Waals surface area contributed by atoms with E-state index in [1.165, 1.54) is 29.3 Å². The largest absolute Gasteiger partial charge is 0.360 e. The van der Waals surface area contributed by atoms with Crippen molar-refractivity contribution in [2.45, 2.75) is 26.0 Å². The summed E-state index contributed by atoms with van der Waals surface area (Å²) < 4.78 is 7.97. The summed E-state index contributed by atoms with van der Waals surface area (Å²) in [7, 11) is 0. The van der Waals surface area contributed by atoms with E-state index in [4.69, 9.17) is 10.5 Å². The normalized spacial score (nSPS) is 15.4. The fourth-order valence-corrected chi connectivity index (χ4v) is 2.39. The third kappa shape index (κ3) is 2.42. The fraction of sp³-hybridized carbons (Fsp3) is 0.467. The Morgan fingerprint density at radius 1 is 1.28 bits per heavy atom. The molecule has 2 N–H and O–H groups in total. The van der Waals surface area contributed by atoms with E-state index in [1.807, 2.05) is 0 Å². The summed E-state index contributed by atoms with van der Waals surface area (Å²) in [5, 5.41) is 1.30. The number of nitrogens with zero attached hydrogens (tertiary/aromatic N) is 1. The predicted octanol–water partition coefficient (Wildman–Crippen LogP) is 2.53. The third-order valence-corrected chi connectivity index (χ3v) is 3.57. The van der Waals surface area contributed by atoms with E-state index < -0.39 is 0 Å². The second kappa shape index (κ2) is 5.12. The van der Waals surface area contributed by atoms with Crippen molar-refractivity contribution >= 4 is 10.9 Å². The summed E-state index contributed by atoms with van der Waals surface area (Å²) in [6.45, 7) is 2.25. The van der Waals surface area contributed by atoms with Gasteiger partial charge in [-0.2, -0.15) is 0 Å². The lowest BCUT2D eigenvalue weighted by atomic mass is 10.1. The first-order valence-electron chi connectivity index (χ1n) is 6.73. The van der Waals surface area contributed by atoms with Gasteiger partial charge in [0, 0.05) is 11.6 Å². The minimum atomic E-state index is 0.654. The summed E-state index contributed by atoms with van der Waals surface area (Å²) in [6, 6.07) is 8.47. The molecule has 0 unspecified atom stereocenters. The van der Waals surface area contributed by atoms with Crippen molar-refractivity contribution in [3.05, 3.63) is 36.0 Å². The summed E-state index contributed by atoms with van der Waals surface area (Å²) in [5.74, 6) is 0.815. The molecular weight excluding hydrogens is 224 g/mol. The van der Waals surface area contributed by atoms with E-state index in [2.05, 4.69) is 35.0 Å². The van der Waals surface area contributed by atoms with Gasteiger partial charge in [-0.15, -0.1) is 0 Å². The number of hydrogen-bond donors (Lipinski definition) is 1. The van der Waals surface area contributed by atoms with Crippen LogP contribution >= 0.6 is 0 Å². The first-order chi connectivity index (χ1) is 8.88. The lowest BCUT2D eigenvalue weighted by Gasteiger charge is -2.06. The molecule has 1 saturated carbocycles. The molecule has 18 heavy (non-hydrogen) atoms. The maximum atomic E-state index is 5.77. The van der Waals surface area contributed by atoms with Gasteiger partial charge in [-0.3, -0.25) is 0 Å². The fourth-order valence-electron chi connectivity index (χ4n) is 2.39. The van der Waals surface area contributed by atoms with Gasteiger partial charge < -0.3 is 15.0 Å². The molecule has 1 aromatic carbocycles. The van der Waals surface area contributed by atoms with Gasteiger partial charge in [0.15, 0.2) is 0 Å². The van der Waals surface area contributed by atoms with Crippen molar-refractivity contribution in [3.8, 4) is 0 Å². The number of fused-ring (bicyclic) bond motifs is 1. The van der Waals surface area contributed by atoms with Gasteiger partial charge >= 0.3 is 0 Å². The van der Waals surface area contributed by atoms with E-state index in [0.717, 1.165) is 18.9 Å². The summed E-state index contributed by atoms with van der Waals surface area (Å²) >= 11 is 0. The highest BCUT2D eigenvalue weighted by Gasteiger charge is 2.21. The van der Waals surface area contributed by atoms with Gasteiger partial charge in [0.1, 0.15) is 6.73 Å². The molecule has 1 heterocycles. The number of nitrogens with two attached hydrogens (primary N) is 1. The zero-order valence-electron chi connectivity index (χ0n) is 10.6. The number of ether oxygens (including phenoxy) is 1. The number of hydrogen-bond acceptors (Lipinski definition) is 2. The molecule has 0 spiro atoms. The molecule has 3 heteroatoms. The highest BCUT2D eigenvalue weighted by atomic mass is 16.5. The standard InChI is InChI=1S/C15H20N2O/c16-8-7-13-9-17(11-18-10-12-5-6-12)15-4-2-1-3-14(13)15/h1-4,9,12H,5-8,10-11,16H2. The minimum absolute atomic E-state index is 0.654. The molecule has 1 aromatic heterocycles. The smallest absolute Gasteiger partial charge is 0.122 e. The lowest BCUT2D eigenvalue weighted by Crippen LogP contribution is -2.04. The van der Waals surface area contributed by atoms with Crippen molar-refractivity contribution in [1.29, 1.82) is 0 Å². The zero-order valence-corrected chi connectivity index (χ0v) is 10.6. The molecule has 0 radical (unpaired) electrons. The second-order valence-electron chi connectivity index (χ2n) is 5.12. The molecule has 0 amide bonds. The molecule has 96 valence electrons. The molecule has 1 aliphatic rings. The molecule has 3 rings (SSSR count). The molecule has 3 nitrogen and oxygen atoms in total. The van der Waals surface area contributed by atoms with Gasteiger partial charge in [-0.1, -0.05) is 18.2 Å². The Kier molecular flexibility index (Phi) is 3.35. The first-order valence-corrected chi connectivity index (χ1v) is 6.73. The quantitative estimate of drug-likeness (QED) is 0.848. The average Bonchev–Trinajstić information content (AvgIpc) is 3.15. The monoisotopic (exact) mass is 244 g/mol. The van der Waals surface area contributed by atoms with E-state index >= 15 is 0 Å². The van der Waals surface area contributed by atoms with Crippen LogP contribution in [0.25, 0.3) is 10.9 Å². The molecular formula is C15H20N2O. The number of benzene rings is 1. The molecule has 1 fully saturated rings. The summed E-state index contributed by atoms with van der Waals surface area (Å²) in [4.78, 5) is 0. The van der Waals surface area contributed by atoms with Gasteiger partial charge in [-0.05, 0) is 43.4 Å². The molecule has 1 aliphatic carbocycles. The maximum absolute atomic E-state index is 5.77. The minimum Gasteiger partial charge on any atom is -0.360 e. The molecule has 0 aliphatic heterocycles. The van der Waals surface area contributed by atoms with Crippen LogP contribution in [0.1, 0.15) is 18.4 Å². The average molecular weight is 244 g/mol. The van der Waals surface area contributed by atoms with Crippen molar-refractivity contribution in [2.24, 2.45) is 11.7 Å². The third-order valence-electron chi connectivity index (χ3n) is 3.57. The van der Waals surface area contributed by atoms with Crippen LogP contribution in [0.15, 0.2) is 30.5 Å². The van der Waals surface area contributed by atoms with Crippen LogP contribution in [0.3, 0.4) is 0 Å². The molecule has 2 aromatic rings. The zero-order chi connectivity index (χ0) is 12.4. The van der Waals surface area contributed by atoms with Gasteiger partial charge in [0.25, 0.3) is 0 Å². The van der Waals surface area contributed by atoms with Gasteiger partial charge in [-0.25, -0.2) is 0 Å². The Bertz CT molecular complexity index is 528. The Morgan fingerprint density at radius 2 is 2.11 bits per heavy atom. The topological polar surface area (TPSA) is 40.2 Å². The first kappa shape index (κ1) is 11.8. The number of aromatic nitrogens is 1. The Labute approximate surface area is 108 Å². The summed E-state index contributed by atoms with van der Waals surface area (Å²) in [6.07, 6.45) is 5.79. The summed E-state index contributed by atoms with van der Waals surface area (Å²) in [5.41, 5.74) is 8.24. The second-order valence-corrected chi connectivity index (χ2v) is 5.12. The molecule has 0 atom stereocenters. The SMILES string of the molecule is NCCc1cn(COCC2CC2)c2ccccc12. The van der Waals surface area contributed by atoms with Crippen LogP contribution in [-0.4, -0.2) is 17.7 Å². The number of rotatable bonds is 6. The van der Waals surface area contributed by atoms with Crippen LogP contribution in [0, 0.1) is 5.92 Å². The predicted molar refractivity (Wildman–Crippen MR) is 73.4 cm³/mol. The Balaban J connectivity index is 1.80. The van der Waals surface area contributed by atoms with E-state index in [9.17, 15) is 0 Å². The highest BCUT2D eigenvalue weighted by molar-refractivity contribution is 5.83. The van der Waals surface area contributed by atoms with Crippen LogP contribution in [0.4, 0.5) is 0 Å². The molecule has 0 saturated heterocycles. The van der Waals surface area contributed by atoms with Crippen molar-refractivity contribution < 1.29 is 4.74 Å². The van der Waals surface area contributed by atoms with Gasteiger partial charge in [0.2, 0.25) is 0 Å². The van der Waals surface area contributed by atoms with Crippen LogP contribution in [-0.2, 0) is 17.9 Å². The highest BCUT2D eigenvalue weighted by Crippen LogP contribution is 2.29. The Morgan fingerprint density at radius 3 is 2.89 bits per heavy atom. The van der Waals surface area contributed by atoms with Crippen LogP contribution < -0.4 is 5.73 Å². The van der Waals surface area contributed by atoms with Crippen molar-refractivity contribution in [2.75, 3.05) is 13.2 Å². The van der Waals surface area contributed by atoms with Crippen LogP contribution in [0.5, 0.6) is 0 Å². The maximum Gasteiger partial charge on any atom is 0.122 e. The number of para-hydroxylation sites is 1. The Hall–Kier alpha value is -1.32. The van der Waals surface area contributed by atoms with Crippen molar-refractivity contribution in [1.82, 2.24) is 4.57 Å². The lowest BCUT2D eigenvalue weighted by molar-refractivity contribution is 0.0717. The van der Waals surface area contributed by atoms with E-state index in [1.54, 1.807) is 0 Å². The van der Waals surface area contributed by atoms with E-state index in [0.29, 0.717) is 13.3 Å². The van der Waals surface area contributed by atoms with Crippen LogP contribution in [0.2, 0.25) is 0 Å². The molecule has 0 bridgehead atoms.